The molecule has 2 nitrogen and oxygen atoms in total. The Kier molecular flexibility index (Phi) is 3.04. The molecule has 4 unspecified atom stereocenters. The number of pyridine rings is 1. The molecule has 2 saturated carbocycles. The van der Waals surface area contributed by atoms with E-state index in [2.05, 4.69) is 4.98 Å². The van der Waals surface area contributed by atoms with Crippen LogP contribution in [0.15, 0.2) is 18.5 Å². The van der Waals surface area contributed by atoms with E-state index in [4.69, 9.17) is 5.73 Å². The minimum atomic E-state index is -4.35. The van der Waals surface area contributed by atoms with Crippen LogP contribution in [0.25, 0.3) is 0 Å². The van der Waals surface area contributed by atoms with Crippen molar-refractivity contribution in [3.8, 4) is 0 Å². The highest BCUT2D eigenvalue weighted by Crippen LogP contribution is 2.52. The van der Waals surface area contributed by atoms with Gasteiger partial charge < -0.3 is 5.73 Å². The smallest absolute Gasteiger partial charge is 0.324 e. The Bertz CT molecular complexity index is 472. The van der Waals surface area contributed by atoms with E-state index >= 15 is 0 Å². The van der Waals surface area contributed by atoms with Crippen molar-refractivity contribution in [2.75, 3.05) is 0 Å². The Morgan fingerprint density at radius 3 is 2.63 bits per heavy atom. The Hall–Kier alpha value is -1.10. The molecule has 3 rings (SSSR count). The normalized spacial score (nSPS) is 31.7. The van der Waals surface area contributed by atoms with Crippen molar-refractivity contribution in [2.45, 2.75) is 37.9 Å². The first-order chi connectivity index (χ1) is 8.97. The summed E-state index contributed by atoms with van der Waals surface area (Å²) in [4.78, 5) is 3.83. The van der Waals surface area contributed by atoms with E-state index in [1.807, 2.05) is 0 Å². The molecular formula is C14H17F3N2. The molecule has 2 aliphatic rings. The predicted octanol–water partition coefficient (Wildman–Crippen LogP) is 3.54. The number of aromatic nitrogens is 1. The largest absolute Gasteiger partial charge is 0.416 e. The highest BCUT2D eigenvalue weighted by molar-refractivity contribution is 5.30. The zero-order valence-corrected chi connectivity index (χ0v) is 10.5. The van der Waals surface area contributed by atoms with Gasteiger partial charge in [-0.15, -0.1) is 0 Å². The lowest BCUT2D eigenvalue weighted by atomic mass is 9.80. The summed E-state index contributed by atoms with van der Waals surface area (Å²) >= 11 is 0. The molecule has 0 radical (unpaired) electrons. The first kappa shape index (κ1) is 12.9. The van der Waals surface area contributed by atoms with E-state index in [0.717, 1.165) is 25.3 Å². The molecule has 1 aromatic heterocycles. The summed E-state index contributed by atoms with van der Waals surface area (Å²) in [6.45, 7) is 0. The summed E-state index contributed by atoms with van der Waals surface area (Å²) in [6, 6.07) is 0.489. The molecule has 2 fully saturated rings. The molecule has 0 amide bonds. The Balaban J connectivity index is 1.90. The summed E-state index contributed by atoms with van der Waals surface area (Å²) in [5, 5.41) is 0. The zero-order valence-electron chi connectivity index (χ0n) is 10.5. The lowest BCUT2D eigenvalue weighted by Gasteiger charge is -2.29. The van der Waals surface area contributed by atoms with Gasteiger partial charge in [-0.25, -0.2) is 0 Å². The first-order valence-corrected chi connectivity index (χ1v) is 6.73. The van der Waals surface area contributed by atoms with E-state index in [9.17, 15) is 13.2 Å². The van der Waals surface area contributed by atoms with Crippen LogP contribution in [-0.4, -0.2) is 4.98 Å². The van der Waals surface area contributed by atoms with Crippen LogP contribution in [0.4, 0.5) is 13.2 Å². The van der Waals surface area contributed by atoms with Crippen molar-refractivity contribution in [1.82, 2.24) is 4.98 Å². The lowest BCUT2D eigenvalue weighted by Crippen LogP contribution is -2.28. The van der Waals surface area contributed by atoms with Gasteiger partial charge in [-0.3, -0.25) is 4.98 Å². The monoisotopic (exact) mass is 270 g/mol. The number of hydrogen-bond acceptors (Lipinski definition) is 2. The van der Waals surface area contributed by atoms with E-state index in [1.165, 1.54) is 18.8 Å². The standard InChI is InChI=1S/C14H17F3N2/c15-14(16,17)12-3-4-19-7-11(12)13(18)10-6-8-1-2-9(10)5-8/h3-4,7-10,13H,1-2,5-6,18H2. The Morgan fingerprint density at radius 2 is 2.05 bits per heavy atom. The average Bonchev–Trinajstić information content (AvgIpc) is 2.99. The third kappa shape index (κ3) is 2.24. The molecule has 5 heteroatoms. The molecular weight excluding hydrogens is 253 g/mol. The molecule has 0 spiro atoms. The molecule has 19 heavy (non-hydrogen) atoms. The number of rotatable bonds is 2. The van der Waals surface area contributed by atoms with Gasteiger partial charge in [0, 0.05) is 18.4 Å². The topological polar surface area (TPSA) is 38.9 Å². The molecule has 2 bridgehead atoms. The molecule has 0 aromatic carbocycles. The molecule has 4 atom stereocenters. The summed E-state index contributed by atoms with van der Waals surface area (Å²) in [7, 11) is 0. The molecule has 1 aromatic rings. The quantitative estimate of drug-likeness (QED) is 0.892. The zero-order chi connectivity index (χ0) is 13.6. The molecule has 0 saturated heterocycles. The Morgan fingerprint density at radius 1 is 1.26 bits per heavy atom. The summed E-state index contributed by atoms with van der Waals surface area (Å²) in [5.41, 5.74) is 5.68. The van der Waals surface area contributed by atoms with Crippen molar-refractivity contribution in [2.24, 2.45) is 23.5 Å². The van der Waals surface area contributed by atoms with Gasteiger partial charge in [0.25, 0.3) is 0 Å². The Labute approximate surface area is 110 Å². The van der Waals surface area contributed by atoms with Crippen LogP contribution < -0.4 is 5.73 Å². The van der Waals surface area contributed by atoms with Crippen LogP contribution in [0.5, 0.6) is 0 Å². The third-order valence-electron chi connectivity index (χ3n) is 4.77. The highest BCUT2D eigenvalue weighted by atomic mass is 19.4. The second-order valence-electron chi connectivity index (χ2n) is 5.83. The van der Waals surface area contributed by atoms with Crippen LogP contribution in [-0.2, 0) is 6.18 Å². The molecule has 104 valence electrons. The molecule has 2 N–H and O–H groups in total. The maximum atomic E-state index is 13.0. The van der Waals surface area contributed by atoms with Crippen LogP contribution in [0.1, 0.15) is 42.9 Å². The number of halogens is 3. The van der Waals surface area contributed by atoms with Crippen molar-refractivity contribution in [1.29, 1.82) is 0 Å². The fraction of sp³-hybridized carbons (Fsp3) is 0.643. The van der Waals surface area contributed by atoms with Crippen LogP contribution in [0.3, 0.4) is 0 Å². The number of fused-ring (bicyclic) bond motifs is 2. The maximum Gasteiger partial charge on any atom is 0.416 e. The number of alkyl halides is 3. The molecule has 0 aliphatic heterocycles. The third-order valence-corrected chi connectivity index (χ3v) is 4.77. The fourth-order valence-electron chi connectivity index (χ4n) is 3.89. The van der Waals surface area contributed by atoms with Crippen molar-refractivity contribution in [3.05, 3.63) is 29.6 Å². The molecule has 1 heterocycles. The first-order valence-electron chi connectivity index (χ1n) is 6.73. The van der Waals surface area contributed by atoms with E-state index < -0.39 is 17.8 Å². The van der Waals surface area contributed by atoms with Crippen LogP contribution >= 0.6 is 0 Å². The van der Waals surface area contributed by atoms with Gasteiger partial charge in [-0.1, -0.05) is 6.42 Å². The van der Waals surface area contributed by atoms with Gasteiger partial charge in [0.05, 0.1) is 5.56 Å². The second kappa shape index (κ2) is 4.47. The van der Waals surface area contributed by atoms with Gasteiger partial charge in [-0.05, 0) is 48.6 Å². The van der Waals surface area contributed by atoms with E-state index in [0.29, 0.717) is 11.8 Å². The van der Waals surface area contributed by atoms with Gasteiger partial charge >= 0.3 is 6.18 Å². The SMILES string of the molecule is NC(c1cnccc1C(F)(F)F)C1CC2CCC1C2. The van der Waals surface area contributed by atoms with E-state index in [-0.39, 0.29) is 11.5 Å². The predicted molar refractivity (Wildman–Crippen MR) is 65.1 cm³/mol. The highest BCUT2D eigenvalue weighted by Gasteiger charge is 2.44. The van der Waals surface area contributed by atoms with Crippen molar-refractivity contribution in [3.63, 3.8) is 0 Å². The maximum absolute atomic E-state index is 13.0. The second-order valence-corrected chi connectivity index (χ2v) is 5.83. The number of hydrogen-bond donors (Lipinski definition) is 1. The van der Waals surface area contributed by atoms with Gasteiger partial charge in [0.2, 0.25) is 0 Å². The van der Waals surface area contributed by atoms with Crippen LogP contribution in [0, 0.1) is 17.8 Å². The van der Waals surface area contributed by atoms with Gasteiger partial charge in [0.15, 0.2) is 0 Å². The summed E-state index contributed by atoms with van der Waals surface area (Å²) in [6.07, 6.45) is 2.56. The van der Waals surface area contributed by atoms with E-state index in [1.54, 1.807) is 0 Å². The van der Waals surface area contributed by atoms with Gasteiger partial charge in [-0.2, -0.15) is 13.2 Å². The number of nitrogens with zero attached hydrogens (tertiary/aromatic N) is 1. The van der Waals surface area contributed by atoms with Crippen molar-refractivity contribution < 1.29 is 13.2 Å². The van der Waals surface area contributed by atoms with Crippen molar-refractivity contribution >= 4 is 0 Å². The summed E-state index contributed by atoms with van der Waals surface area (Å²) < 4.78 is 39.0. The summed E-state index contributed by atoms with van der Waals surface area (Å²) in [5.74, 6) is 1.36. The minimum absolute atomic E-state index is 0.160. The number of nitrogens with two attached hydrogens (primary N) is 1. The minimum Gasteiger partial charge on any atom is -0.324 e. The molecule has 2 aliphatic carbocycles. The average molecular weight is 270 g/mol. The lowest BCUT2D eigenvalue weighted by molar-refractivity contribution is -0.138. The fourth-order valence-corrected chi connectivity index (χ4v) is 3.89. The van der Waals surface area contributed by atoms with Crippen LogP contribution in [0.2, 0.25) is 0 Å². The van der Waals surface area contributed by atoms with Gasteiger partial charge in [0.1, 0.15) is 0 Å².